The summed E-state index contributed by atoms with van der Waals surface area (Å²) in [5.41, 5.74) is -0.807. The van der Waals surface area contributed by atoms with E-state index >= 15 is 0 Å². The summed E-state index contributed by atoms with van der Waals surface area (Å²) in [6.07, 6.45) is -6.73. The van der Waals surface area contributed by atoms with Crippen molar-refractivity contribution in [2.75, 3.05) is 6.54 Å². The lowest BCUT2D eigenvalue weighted by atomic mass is 10.0. The van der Waals surface area contributed by atoms with Crippen LogP contribution in [0.15, 0.2) is 0 Å². The number of carbonyl (C=O) groups is 2. The van der Waals surface area contributed by atoms with Gasteiger partial charge in [0.25, 0.3) is 0 Å². The molecule has 8 heteroatoms. The van der Waals surface area contributed by atoms with Crippen LogP contribution in [0.25, 0.3) is 0 Å². The molecule has 0 bridgehead atoms. The number of halogens is 3. The molecule has 0 heterocycles. The highest BCUT2D eigenvalue weighted by Gasteiger charge is 2.39. The molecule has 0 spiro atoms. The molecular formula is C11H18F3NO4. The number of rotatable bonds is 5. The van der Waals surface area contributed by atoms with Gasteiger partial charge in [0, 0.05) is 13.0 Å². The van der Waals surface area contributed by atoms with E-state index in [0.29, 0.717) is 0 Å². The van der Waals surface area contributed by atoms with Gasteiger partial charge < -0.3 is 15.2 Å². The molecule has 2 N–H and O–H groups in total. The van der Waals surface area contributed by atoms with Gasteiger partial charge in [-0.2, -0.15) is 13.2 Å². The maximum atomic E-state index is 12.6. The van der Waals surface area contributed by atoms with E-state index < -0.39 is 49.1 Å². The Kier molecular flexibility index (Phi) is 6.11. The summed E-state index contributed by atoms with van der Waals surface area (Å²) in [6, 6.07) is 0. The first-order valence-corrected chi connectivity index (χ1v) is 5.67. The predicted octanol–water partition coefficient (Wildman–Crippen LogP) is 2.55. The summed E-state index contributed by atoms with van der Waals surface area (Å²) in [5, 5.41) is 10.4. The molecule has 0 aliphatic rings. The fourth-order valence-corrected chi connectivity index (χ4v) is 1.20. The second-order valence-electron chi connectivity index (χ2n) is 5.05. The normalized spacial score (nSPS) is 13.8. The Morgan fingerprint density at radius 3 is 2.16 bits per heavy atom. The minimum Gasteiger partial charge on any atom is -0.481 e. The van der Waals surface area contributed by atoms with Gasteiger partial charge in [-0.05, 0) is 27.2 Å². The summed E-state index contributed by atoms with van der Waals surface area (Å²) in [5.74, 6) is -3.22. The molecular weight excluding hydrogens is 267 g/mol. The van der Waals surface area contributed by atoms with E-state index in [1.807, 2.05) is 5.32 Å². The van der Waals surface area contributed by atoms with Gasteiger partial charge in [-0.25, -0.2) is 4.79 Å². The molecule has 0 aliphatic carbocycles. The van der Waals surface area contributed by atoms with Crippen molar-refractivity contribution in [2.24, 2.45) is 5.92 Å². The monoisotopic (exact) mass is 285 g/mol. The molecule has 0 aromatic carbocycles. The van der Waals surface area contributed by atoms with Crippen LogP contribution >= 0.6 is 0 Å². The Balaban J connectivity index is 4.35. The Morgan fingerprint density at radius 2 is 1.79 bits per heavy atom. The lowest BCUT2D eigenvalue weighted by molar-refractivity contribution is -0.175. The second kappa shape index (κ2) is 6.63. The Bertz CT molecular complexity index is 323. The number of hydrogen-bond acceptors (Lipinski definition) is 3. The van der Waals surface area contributed by atoms with Gasteiger partial charge in [-0.15, -0.1) is 0 Å². The van der Waals surface area contributed by atoms with Crippen molar-refractivity contribution >= 4 is 12.1 Å². The molecule has 0 unspecified atom stereocenters. The van der Waals surface area contributed by atoms with E-state index in [4.69, 9.17) is 9.84 Å². The minimum absolute atomic E-state index is 0.589. The van der Waals surface area contributed by atoms with E-state index in [1.54, 1.807) is 20.8 Å². The van der Waals surface area contributed by atoms with Crippen molar-refractivity contribution in [3.63, 3.8) is 0 Å². The molecule has 1 atom stereocenters. The van der Waals surface area contributed by atoms with Gasteiger partial charge in [0.05, 0.1) is 5.92 Å². The quantitative estimate of drug-likeness (QED) is 0.814. The molecule has 0 aromatic heterocycles. The van der Waals surface area contributed by atoms with E-state index in [1.165, 1.54) is 0 Å². The van der Waals surface area contributed by atoms with Crippen molar-refractivity contribution in [2.45, 2.75) is 45.4 Å². The van der Waals surface area contributed by atoms with E-state index in [9.17, 15) is 22.8 Å². The van der Waals surface area contributed by atoms with Crippen molar-refractivity contribution in [3.05, 3.63) is 0 Å². The molecule has 0 aromatic rings. The largest absolute Gasteiger partial charge is 0.481 e. The summed E-state index contributed by atoms with van der Waals surface area (Å²) in [7, 11) is 0. The van der Waals surface area contributed by atoms with Crippen molar-refractivity contribution < 1.29 is 32.6 Å². The zero-order chi connectivity index (χ0) is 15.3. The van der Waals surface area contributed by atoms with E-state index in [-0.39, 0.29) is 0 Å². The van der Waals surface area contributed by atoms with Gasteiger partial charge in [0.2, 0.25) is 0 Å². The first kappa shape index (κ1) is 17.5. The van der Waals surface area contributed by atoms with Crippen molar-refractivity contribution in [3.8, 4) is 0 Å². The predicted molar refractivity (Wildman–Crippen MR) is 60.7 cm³/mol. The topological polar surface area (TPSA) is 75.6 Å². The zero-order valence-corrected chi connectivity index (χ0v) is 11.0. The van der Waals surface area contributed by atoms with Gasteiger partial charge >= 0.3 is 18.2 Å². The molecule has 0 aliphatic heterocycles. The Hall–Kier alpha value is -1.47. The van der Waals surface area contributed by atoms with Crippen LogP contribution in [0.5, 0.6) is 0 Å². The van der Waals surface area contributed by atoms with Crippen LogP contribution in [0.2, 0.25) is 0 Å². The number of hydrogen-bond donors (Lipinski definition) is 2. The van der Waals surface area contributed by atoms with Crippen LogP contribution in [0.1, 0.15) is 33.6 Å². The van der Waals surface area contributed by atoms with Crippen molar-refractivity contribution in [1.29, 1.82) is 0 Å². The molecule has 0 radical (unpaired) electrons. The minimum atomic E-state index is -4.57. The maximum absolute atomic E-state index is 12.6. The maximum Gasteiger partial charge on any atom is 0.407 e. The molecule has 19 heavy (non-hydrogen) atoms. The number of carboxylic acid groups (broad SMARTS) is 1. The molecule has 0 rings (SSSR count). The van der Waals surface area contributed by atoms with Crippen LogP contribution in [-0.4, -0.2) is 35.5 Å². The number of ether oxygens (including phenoxy) is 1. The third-order valence-electron chi connectivity index (χ3n) is 2.06. The number of alkyl carbamates (subject to hydrolysis) is 1. The lowest BCUT2D eigenvalue weighted by Crippen LogP contribution is -2.39. The summed E-state index contributed by atoms with van der Waals surface area (Å²) in [6.45, 7) is 4.04. The van der Waals surface area contributed by atoms with E-state index in [2.05, 4.69) is 0 Å². The first-order chi connectivity index (χ1) is 8.42. The van der Waals surface area contributed by atoms with Crippen molar-refractivity contribution in [1.82, 2.24) is 5.32 Å². The highest BCUT2D eigenvalue weighted by atomic mass is 19.4. The van der Waals surface area contributed by atoms with E-state index in [0.717, 1.165) is 0 Å². The number of amides is 1. The summed E-state index contributed by atoms with van der Waals surface area (Å²) in [4.78, 5) is 21.5. The molecule has 1 amide bonds. The summed E-state index contributed by atoms with van der Waals surface area (Å²) >= 11 is 0. The first-order valence-electron chi connectivity index (χ1n) is 5.67. The van der Waals surface area contributed by atoms with Gasteiger partial charge in [-0.1, -0.05) is 0 Å². The van der Waals surface area contributed by atoms with Crippen LogP contribution in [-0.2, 0) is 9.53 Å². The van der Waals surface area contributed by atoms with Gasteiger partial charge in [0.1, 0.15) is 5.60 Å². The van der Waals surface area contributed by atoms with Crippen LogP contribution in [0, 0.1) is 5.92 Å². The number of carboxylic acids is 1. The van der Waals surface area contributed by atoms with Gasteiger partial charge in [-0.3, -0.25) is 4.79 Å². The number of nitrogens with one attached hydrogen (secondary N) is 1. The SMILES string of the molecule is CC(C)(C)OC(=O)NC[C@H](CCC(=O)O)C(F)(F)F. The highest BCUT2D eigenvalue weighted by molar-refractivity contribution is 5.68. The molecule has 0 saturated carbocycles. The number of aliphatic carboxylic acids is 1. The van der Waals surface area contributed by atoms with Crippen LogP contribution in [0.3, 0.4) is 0 Å². The molecule has 5 nitrogen and oxygen atoms in total. The smallest absolute Gasteiger partial charge is 0.407 e. The molecule has 112 valence electrons. The Labute approximate surface area is 109 Å². The van der Waals surface area contributed by atoms with Gasteiger partial charge in [0.15, 0.2) is 0 Å². The fourth-order valence-electron chi connectivity index (χ4n) is 1.20. The Morgan fingerprint density at radius 1 is 1.26 bits per heavy atom. The third-order valence-corrected chi connectivity index (χ3v) is 2.06. The average molecular weight is 285 g/mol. The summed E-state index contributed by atoms with van der Waals surface area (Å²) < 4.78 is 42.5. The molecule has 0 saturated heterocycles. The van der Waals surface area contributed by atoms with Crippen LogP contribution < -0.4 is 5.32 Å². The lowest BCUT2D eigenvalue weighted by Gasteiger charge is -2.23. The number of alkyl halides is 3. The fraction of sp³-hybridized carbons (Fsp3) is 0.818. The zero-order valence-electron chi connectivity index (χ0n) is 11.0. The standard InChI is InChI=1S/C11H18F3NO4/c1-10(2,3)19-9(18)15-6-7(11(12,13)14)4-5-8(16)17/h7H,4-6H2,1-3H3,(H,15,18)(H,16,17)/t7-/m0/s1. The average Bonchev–Trinajstić information content (AvgIpc) is 2.11. The van der Waals surface area contributed by atoms with Crippen LogP contribution in [0.4, 0.5) is 18.0 Å². The highest BCUT2D eigenvalue weighted by Crippen LogP contribution is 2.29. The molecule has 0 fully saturated rings. The number of carbonyl (C=O) groups excluding carboxylic acids is 1. The third kappa shape index (κ3) is 9.15. The second-order valence-corrected chi connectivity index (χ2v) is 5.05.